The van der Waals surface area contributed by atoms with Crippen molar-refractivity contribution in [2.24, 2.45) is 5.92 Å². The van der Waals surface area contributed by atoms with Gasteiger partial charge in [0.15, 0.2) is 0 Å². The van der Waals surface area contributed by atoms with Crippen molar-refractivity contribution in [3.8, 4) is 0 Å². The summed E-state index contributed by atoms with van der Waals surface area (Å²) in [5, 5.41) is 3.19. The number of hydrogen-bond acceptors (Lipinski definition) is 5. The van der Waals surface area contributed by atoms with Gasteiger partial charge < -0.3 is 19.7 Å². The maximum atomic E-state index is 12.9. The van der Waals surface area contributed by atoms with Crippen molar-refractivity contribution in [3.63, 3.8) is 0 Å². The summed E-state index contributed by atoms with van der Waals surface area (Å²) in [6.45, 7) is 8.57. The summed E-state index contributed by atoms with van der Waals surface area (Å²) in [4.78, 5) is 29.7. The molecule has 4 rings (SSSR count). The van der Waals surface area contributed by atoms with E-state index >= 15 is 0 Å². The van der Waals surface area contributed by atoms with E-state index in [2.05, 4.69) is 22.3 Å². The van der Waals surface area contributed by atoms with Gasteiger partial charge in [-0.1, -0.05) is 67.1 Å². The number of nitrogens with zero attached hydrogens (tertiary/aromatic N) is 2. The van der Waals surface area contributed by atoms with Crippen molar-refractivity contribution in [1.82, 2.24) is 15.1 Å². The smallest absolute Gasteiger partial charge is 0.410 e. The SMILES string of the molecule is CC(C)(C)OC(=O)N1CCN([C@@H](c2ccccc2)[C@H](NC(=O)OCC2CCC2)c2ccccc2)CC1. The molecule has 1 aliphatic carbocycles. The highest BCUT2D eigenvalue weighted by Crippen LogP contribution is 2.35. The highest BCUT2D eigenvalue weighted by Gasteiger charge is 2.35. The van der Waals surface area contributed by atoms with E-state index in [1.165, 1.54) is 6.42 Å². The minimum atomic E-state index is -0.525. The van der Waals surface area contributed by atoms with Crippen LogP contribution in [0.3, 0.4) is 0 Å². The second kappa shape index (κ2) is 11.8. The molecule has 1 N–H and O–H groups in total. The van der Waals surface area contributed by atoms with Crippen molar-refractivity contribution >= 4 is 12.2 Å². The lowest BCUT2D eigenvalue weighted by atomic mass is 9.86. The second-order valence-electron chi connectivity index (χ2n) is 10.8. The third kappa shape index (κ3) is 7.00. The Morgan fingerprint density at radius 3 is 2.03 bits per heavy atom. The Morgan fingerprint density at radius 1 is 0.917 bits per heavy atom. The van der Waals surface area contributed by atoms with Gasteiger partial charge in [0.05, 0.1) is 18.7 Å². The molecule has 1 saturated carbocycles. The summed E-state index contributed by atoms with van der Waals surface area (Å²) in [6.07, 6.45) is 2.81. The summed E-state index contributed by atoms with van der Waals surface area (Å²) in [5.74, 6) is 0.483. The molecule has 194 valence electrons. The van der Waals surface area contributed by atoms with Gasteiger partial charge in [0.1, 0.15) is 5.60 Å². The fourth-order valence-corrected chi connectivity index (χ4v) is 4.80. The highest BCUT2D eigenvalue weighted by atomic mass is 16.6. The Morgan fingerprint density at radius 2 is 1.50 bits per heavy atom. The standard InChI is InChI=1S/C29H39N3O4/c1-29(2,3)36-28(34)32-19-17-31(18-20-32)26(24-15-8-5-9-16-24)25(23-13-6-4-7-14-23)30-27(33)35-21-22-11-10-12-22/h4-9,13-16,22,25-26H,10-12,17-21H2,1-3H3,(H,30,33)/t25-,26+/m1/s1. The van der Waals surface area contributed by atoms with Crippen LogP contribution in [0.25, 0.3) is 0 Å². The normalized spacial score (nSPS) is 18.6. The van der Waals surface area contributed by atoms with Crippen molar-refractivity contribution in [2.75, 3.05) is 32.8 Å². The molecule has 0 spiro atoms. The number of nitrogens with one attached hydrogen (secondary N) is 1. The molecule has 7 heteroatoms. The Kier molecular flexibility index (Phi) is 8.52. The van der Waals surface area contributed by atoms with Crippen molar-refractivity contribution in [1.29, 1.82) is 0 Å². The summed E-state index contributed by atoms with van der Waals surface area (Å²) in [6, 6.07) is 19.9. The van der Waals surface area contributed by atoms with E-state index in [9.17, 15) is 9.59 Å². The topological polar surface area (TPSA) is 71.1 Å². The van der Waals surface area contributed by atoms with Gasteiger partial charge in [-0.05, 0) is 50.7 Å². The van der Waals surface area contributed by atoms with Crippen LogP contribution >= 0.6 is 0 Å². The van der Waals surface area contributed by atoms with Gasteiger partial charge in [0.25, 0.3) is 0 Å². The molecule has 0 radical (unpaired) electrons. The van der Waals surface area contributed by atoms with E-state index in [1.54, 1.807) is 4.90 Å². The molecule has 0 bridgehead atoms. The minimum absolute atomic E-state index is 0.120. The summed E-state index contributed by atoms with van der Waals surface area (Å²) >= 11 is 0. The molecule has 1 aliphatic heterocycles. The fraction of sp³-hybridized carbons (Fsp3) is 0.517. The largest absolute Gasteiger partial charge is 0.449 e. The van der Waals surface area contributed by atoms with Crippen molar-refractivity contribution < 1.29 is 19.1 Å². The first kappa shape index (κ1) is 26.0. The van der Waals surface area contributed by atoms with Crippen LogP contribution in [0.4, 0.5) is 9.59 Å². The zero-order chi connectivity index (χ0) is 25.5. The molecule has 1 saturated heterocycles. The van der Waals surface area contributed by atoms with Crippen LogP contribution < -0.4 is 5.32 Å². The molecular formula is C29H39N3O4. The van der Waals surface area contributed by atoms with Crippen molar-refractivity contribution in [2.45, 2.75) is 57.7 Å². The maximum Gasteiger partial charge on any atom is 0.410 e. The summed E-state index contributed by atoms with van der Waals surface area (Å²) in [7, 11) is 0. The fourth-order valence-electron chi connectivity index (χ4n) is 4.80. The lowest BCUT2D eigenvalue weighted by Gasteiger charge is -2.42. The van der Waals surface area contributed by atoms with Gasteiger partial charge in [0.2, 0.25) is 0 Å². The molecule has 2 aromatic rings. The number of ether oxygens (including phenoxy) is 2. The third-order valence-corrected chi connectivity index (χ3v) is 6.92. The molecule has 7 nitrogen and oxygen atoms in total. The first-order chi connectivity index (χ1) is 17.3. The van der Waals surface area contributed by atoms with E-state index in [4.69, 9.17) is 9.47 Å². The zero-order valence-electron chi connectivity index (χ0n) is 21.7. The first-order valence-electron chi connectivity index (χ1n) is 13.1. The number of rotatable bonds is 7. The maximum absolute atomic E-state index is 12.9. The van der Waals surface area contributed by atoms with Gasteiger partial charge in [-0.25, -0.2) is 9.59 Å². The van der Waals surface area contributed by atoms with E-state index in [1.807, 2.05) is 69.3 Å². The lowest BCUT2D eigenvalue weighted by molar-refractivity contribution is 0.00772. The third-order valence-electron chi connectivity index (χ3n) is 6.92. The number of hydrogen-bond donors (Lipinski definition) is 1. The molecule has 0 unspecified atom stereocenters. The predicted octanol–water partition coefficient (Wildman–Crippen LogP) is 5.55. The van der Waals surface area contributed by atoms with Crippen molar-refractivity contribution in [3.05, 3.63) is 71.8 Å². The second-order valence-corrected chi connectivity index (χ2v) is 10.8. The minimum Gasteiger partial charge on any atom is -0.449 e. The van der Waals surface area contributed by atoms with Crippen LogP contribution in [0.15, 0.2) is 60.7 Å². The van der Waals surface area contributed by atoms with Crippen LogP contribution in [0.1, 0.15) is 63.2 Å². The Hall–Kier alpha value is -3.06. The van der Waals surface area contributed by atoms with Crippen LogP contribution in [-0.4, -0.2) is 60.4 Å². The van der Waals surface area contributed by atoms with Gasteiger partial charge in [0, 0.05) is 26.2 Å². The van der Waals surface area contributed by atoms with E-state index in [0.29, 0.717) is 38.7 Å². The van der Waals surface area contributed by atoms with Gasteiger partial charge >= 0.3 is 12.2 Å². The number of alkyl carbamates (subject to hydrolysis) is 1. The van der Waals surface area contributed by atoms with E-state index in [-0.39, 0.29) is 24.3 Å². The molecular weight excluding hydrogens is 454 g/mol. The first-order valence-corrected chi connectivity index (χ1v) is 13.1. The molecule has 0 aromatic heterocycles. The van der Waals surface area contributed by atoms with E-state index < -0.39 is 5.60 Å². The van der Waals surface area contributed by atoms with Crippen LogP contribution in [0, 0.1) is 5.92 Å². The number of amides is 2. The Balaban J connectivity index is 1.54. The van der Waals surface area contributed by atoms with Crippen LogP contribution in [0.2, 0.25) is 0 Å². The molecule has 2 fully saturated rings. The predicted molar refractivity (Wildman–Crippen MR) is 140 cm³/mol. The van der Waals surface area contributed by atoms with Gasteiger partial charge in [-0.3, -0.25) is 4.90 Å². The van der Waals surface area contributed by atoms with Crippen LogP contribution in [0.5, 0.6) is 0 Å². The lowest BCUT2D eigenvalue weighted by Crippen LogP contribution is -2.53. The zero-order valence-corrected chi connectivity index (χ0v) is 21.7. The van der Waals surface area contributed by atoms with Gasteiger partial charge in [-0.15, -0.1) is 0 Å². The molecule has 1 heterocycles. The number of carbonyl (C=O) groups excluding carboxylic acids is 2. The number of benzene rings is 2. The highest BCUT2D eigenvalue weighted by molar-refractivity contribution is 5.69. The van der Waals surface area contributed by atoms with Gasteiger partial charge in [-0.2, -0.15) is 0 Å². The quantitative estimate of drug-likeness (QED) is 0.548. The average molecular weight is 494 g/mol. The molecule has 2 atom stereocenters. The number of piperazine rings is 1. The summed E-state index contributed by atoms with van der Waals surface area (Å²) < 4.78 is 11.2. The summed E-state index contributed by atoms with van der Waals surface area (Å²) in [5.41, 5.74) is 1.60. The Bertz CT molecular complexity index is 981. The van der Waals surface area contributed by atoms with Crippen LogP contribution in [-0.2, 0) is 9.47 Å². The van der Waals surface area contributed by atoms with E-state index in [0.717, 1.165) is 24.0 Å². The Labute approximate surface area is 214 Å². The average Bonchev–Trinajstić information content (AvgIpc) is 2.83. The molecule has 36 heavy (non-hydrogen) atoms. The molecule has 2 amide bonds. The molecule has 2 aromatic carbocycles. The molecule has 2 aliphatic rings. The number of carbonyl (C=O) groups is 2. The monoisotopic (exact) mass is 493 g/mol.